The summed E-state index contributed by atoms with van der Waals surface area (Å²) in [7, 11) is 0. The molecule has 1 aromatic heterocycles. The highest BCUT2D eigenvalue weighted by Crippen LogP contribution is 2.17. The van der Waals surface area contributed by atoms with E-state index in [-0.39, 0.29) is 12.5 Å². The number of aromatic nitrogens is 2. The summed E-state index contributed by atoms with van der Waals surface area (Å²) in [5, 5.41) is 6.78. The van der Waals surface area contributed by atoms with Gasteiger partial charge in [0.15, 0.2) is 6.10 Å². The predicted molar refractivity (Wildman–Crippen MR) is 102 cm³/mol. The van der Waals surface area contributed by atoms with Crippen LogP contribution in [-0.4, -0.2) is 22.2 Å². The average Bonchev–Trinajstić information content (AvgIpc) is 3.13. The summed E-state index contributed by atoms with van der Waals surface area (Å²) in [5.74, 6) is 1.32. The van der Waals surface area contributed by atoms with Crippen LogP contribution in [0.4, 0.5) is 0 Å². The molecule has 3 rings (SSSR count). The summed E-state index contributed by atoms with van der Waals surface area (Å²) in [6.07, 6.45) is -0.0241. The van der Waals surface area contributed by atoms with Crippen molar-refractivity contribution < 1.29 is 14.1 Å². The first-order valence-corrected chi connectivity index (χ1v) is 8.96. The van der Waals surface area contributed by atoms with Crippen molar-refractivity contribution in [3.63, 3.8) is 0 Å². The maximum absolute atomic E-state index is 12.4. The van der Waals surface area contributed by atoms with Crippen molar-refractivity contribution in [2.24, 2.45) is 0 Å². The molecular formula is C21H23N3O3. The Hall–Kier alpha value is -3.15. The molecular weight excluding hydrogens is 342 g/mol. The molecule has 1 heterocycles. The highest BCUT2D eigenvalue weighted by Gasteiger charge is 2.19. The van der Waals surface area contributed by atoms with E-state index in [2.05, 4.69) is 15.5 Å². The quantitative estimate of drug-likeness (QED) is 0.688. The number of amides is 1. The Bertz CT molecular complexity index is 920. The molecule has 1 unspecified atom stereocenters. The Kier molecular flexibility index (Phi) is 5.86. The smallest absolute Gasteiger partial charge is 0.261 e. The van der Waals surface area contributed by atoms with Crippen molar-refractivity contribution in [1.29, 1.82) is 0 Å². The highest BCUT2D eigenvalue weighted by atomic mass is 16.5. The maximum atomic E-state index is 12.4. The second kappa shape index (κ2) is 8.49. The van der Waals surface area contributed by atoms with Crippen LogP contribution in [0.25, 0.3) is 11.4 Å². The van der Waals surface area contributed by atoms with Crippen LogP contribution in [0.15, 0.2) is 53.1 Å². The number of rotatable bonds is 7. The zero-order valence-corrected chi connectivity index (χ0v) is 15.7. The number of carbonyl (C=O) groups is 1. The molecule has 0 radical (unpaired) electrons. The second-order valence-electron chi connectivity index (χ2n) is 6.43. The summed E-state index contributed by atoms with van der Waals surface area (Å²) >= 11 is 0. The van der Waals surface area contributed by atoms with Gasteiger partial charge in [0.1, 0.15) is 5.75 Å². The molecule has 2 aromatic carbocycles. The Morgan fingerprint density at radius 3 is 2.59 bits per heavy atom. The molecule has 140 valence electrons. The fraction of sp³-hybridized carbons (Fsp3) is 0.286. The molecule has 0 fully saturated rings. The van der Waals surface area contributed by atoms with Gasteiger partial charge in [0.05, 0.1) is 6.54 Å². The molecule has 27 heavy (non-hydrogen) atoms. The van der Waals surface area contributed by atoms with Gasteiger partial charge in [0.2, 0.25) is 11.7 Å². The zero-order valence-electron chi connectivity index (χ0n) is 15.7. The number of hydrogen-bond donors (Lipinski definition) is 1. The van der Waals surface area contributed by atoms with Crippen LogP contribution in [-0.2, 0) is 11.3 Å². The van der Waals surface area contributed by atoms with Gasteiger partial charge in [0.25, 0.3) is 5.91 Å². The van der Waals surface area contributed by atoms with E-state index < -0.39 is 6.10 Å². The fourth-order valence-electron chi connectivity index (χ4n) is 2.68. The molecule has 0 aliphatic rings. The van der Waals surface area contributed by atoms with Crippen LogP contribution in [0.5, 0.6) is 5.75 Å². The van der Waals surface area contributed by atoms with Gasteiger partial charge in [-0.1, -0.05) is 48.0 Å². The third-order valence-corrected chi connectivity index (χ3v) is 4.09. The topological polar surface area (TPSA) is 77.2 Å². The van der Waals surface area contributed by atoms with Gasteiger partial charge in [0, 0.05) is 5.56 Å². The van der Waals surface area contributed by atoms with E-state index in [4.69, 9.17) is 9.26 Å². The third-order valence-electron chi connectivity index (χ3n) is 4.09. The Morgan fingerprint density at radius 1 is 1.15 bits per heavy atom. The van der Waals surface area contributed by atoms with Gasteiger partial charge in [-0.15, -0.1) is 0 Å². The number of ether oxygens (including phenoxy) is 1. The van der Waals surface area contributed by atoms with Crippen LogP contribution >= 0.6 is 0 Å². The lowest BCUT2D eigenvalue weighted by atomic mass is 10.1. The van der Waals surface area contributed by atoms with Crippen LogP contribution in [0.3, 0.4) is 0 Å². The predicted octanol–water partition coefficient (Wildman–Crippen LogP) is 3.83. The lowest BCUT2D eigenvalue weighted by Gasteiger charge is -2.17. The molecule has 0 aliphatic carbocycles. The van der Waals surface area contributed by atoms with Crippen molar-refractivity contribution in [3.8, 4) is 17.1 Å². The number of benzene rings is 2. The van der Waals surface area contributed by atoms with Crippen LogP contribution in [0.1, 0.15) is 30.4 Å². The molecule has 1 atom stereocenters. The lowest BCUT2D eigenvalue weighted by Crippen LogP contribution is -2.37. The second-order valence-corrected chi connectivity index (χ2v) is 6.43. The van der Waals surface area contributed by atoms with Crippen molar-refractivity contribution in [2.75, 3.05) is 0 Å². The Labute approximate surface area is 158 Å². The van der Waals surface area contributed by atoms with E-state index in [0.717, 1.165) is 16.7 Å². The summed E-state index contributed by atoms with van der Waals surface area (Å²) in [5.41, 5.74) is 3.08. The molecule has 0 aliphatic heterocycles. The van der Waals surface area contributed by atoms with Crippen LogP contribution < -0.4 is 10.1 Å². The number of nitrogens with one attached hydrogen (secondary N) is 1. The third kappa shape index (κ3) is 4.94. The van der Waals surface area contributed by atoms with Crippen molar-refractivity contribution >= 4 is 5.91 Å². The minimum atomic E-state index is -0.578. The molecule has 1 amide bonds. The van der Waals surface area contributed by atoms with E-state index in [1.54, 1.807) is 0 Å². The van der Waals surface area contributed by atoms with Crippen molar-refractivity contribution in [1.82, 2.24) is 15.5 Å². The minimum absolute atomic E-state index is 0.158. The molecule has 6 nitrogen and oxygen atoms in total. The van der Waals surface area contributed by atoms with Crippen molar-refractivity contribution in [3.05, 3.63) is 65.5 Å². The Morgan fingerprint density at radius 2 is 1.89 bits per heavy atom. The van der Waals surface area contributed by atoms with Gasteiger partial charge in [-0.2, -0.15) is 4.98 Å². The molecule has 0 saturated heterocycles. The number of nitrogens with zero attached hydrogens (tertiary/aromatic N) is 2. The van der Waals surface area contributed by atoms with E-state index >= 15 is 0 Å². The first kappa shape index (κ1) is 18.6. The highest BCUT2D eigenvalue weighted by molar-refractivity contribution is 5.81. The molecule has 0 bridgehead atoms. The van der Waals surface area contributed by atoms with Crippen LogP contribution in [0.2, 0.25) is 0 Å². The van der Waals surface area contributed by atoms with Gasteiger partial charge < -0.3 is 14.6 Å². The lowest BCUT2D eigenvalue weighted by molar-refractivity contribution is -0.128. The van der Waals surface area contributed by atoms with E-state index in [0.29, 0.717) is 23.9 Å². The van der Waals surface area contributed by atoms with E-state index in [9.17, 15) is 4.79 Å². The fourth-order valence-corrected chi connectivity index (χ4v) is 2.68. The summed E-state index contributed by atoms with van der Waals surface area (Å²) < 4.78 is 11.0. The standard InChI is InChI=1S/C21H23N3O3/c1-4-18(26-17-10-6-8-15(3)12-17)21(25)22-13-19-23-20(24-27-19)16-9-5-7-14(2)11-16/h5-12,18H,4,13H2,1-3H3,(H,22,25). The monoisotopic (exact) mass is 365 g/mol. The van der Waals surface area contributed by atoms with Gasteiger partial charge in [-0.05, 0) is 44.0 Å². The van der Waals surface area contributed by atoms with E-state index in [1.165, 1.54) is 0 Å². The zero-order chi connectivity index (χ0) is 19.2. The normalized spacial score (nSPS) is 11.8. The van der Waals surface area contributed by atoms with Gasteiger partial charge in [-0.25, -0.2) is 0 Å². The largest absolute Gasteiger partial charge is 0.481 e. The number of carbonyl (C=O) groups excluding carboxylic acids is 1. The SMILES string of the molecule is CCC(Oc1cccc(C)c1)C(=O)NCc1nc(-c2cccc(C)c2)no1. The van der Waals surface area contributed by atoms with Gasteiger partial charge >= 0.3 is 0 Å². The first-order valence-electron chi connectivity index (χ1n) is 8.96. The molecule has 6 heteroatoms. The molecule has 0 spiro atoms. The van der Waals surface area contributed by atoms with Crippen LogP contribution in [0, 0.1) is 13.8 Å². The molecule has 1 N–H and O–H groups in total. The minimum Gasteiger partial charge on any atom is -0.481 e. The summed E-state index contributed by atoms with van der Waals surface area (Å²) in [6, 6.07) is 15.5. The summed E-state index contributed by atoms with van der Waals surface area (Å²) in [6.45, 7) is 6.05. The average molecular weight is 365 g/mol. The molecule has 0 saturated carbocycles. The first-order chi connectivity index (χ1) is 13.0. The van der Waals surface area contributed by atoms with Gasteiger partial charge in [-0.3, -0.25) is 4.79 Å². The number of hydrogen-bond acceptors (Lipinski definition) is 5. The molecule has 3 aromatic rings. The van der Waals surface area contributed by atoms with E-state index in [1.807, 2.05) is 69.3 Å². The van der Waals surface area contributed by atoms with Crippen molar-refractivity contribution in [2.45, 2.75) is 39.8 Å². The summed E-state index contributed by atoms with van der Waals surface area (Å²) in [4.78, 5) is 16.8. The maximum Gasteiger partial charge on any atom is 0.261 e. The Balaban J connectivity index is 1.59. The number of aryl methyl sites for hydroxylation is 2.